The lowest BCUT2D eigenvalue weighted by atomic mass is 10.1. The summed E-state index contributed by atoms with van der Waals surface area (Å²) in [4.78, 5) is 11.8. The van der Waals surface area contributed by atoms with Crippen LogP contribution in [0.25, 0.3) is 0 Å². The summed E-state index contributed by atoms with van der Waals surface area (Å²) in [5.41, 5.74) is 3.54. The Labute approximate surface area is 92.8 Å². The van der Waals surface area contributed by atoms with Gasteiger partial charge in [0, 0.05) is 11.1 Å². The van der Waals surface area contributed by atoms with Crippen molar-refractivity contribution in [1.82, 2.24) is 5.32 Å². The lowest BCUT2D eigenvalue weighted by Gasteiger charge is -2.09. The van der Waals surface area contributed by atoms with Crippen LogP contribution in [0.5, 0.6) is 0 Å². The third-order valence-electron chi connectivity index (χ3n) is 2.29. The number of nitrogens with two attached hydrogens (primary N) is 1. The van der Waals surface area contributed by atoms with Crippen molar-refractivity contribution >= 4 is 23.2 Å². The Kier molecular flexibility index (Phi) is 2.79. The van der Waals surface area contributed by atoms with E-state index < -0.39 is 0 Å². The summed E-state index contributed by atoms with van der Waals surface area (Å²) >= 11 is 5.82. The van der Waals surface area contributed by atoms with Gasteiger partial charge in [0.05, 0.1) is 11.3 Å². The second-order valence-corrected chi connectivity index (χ2v) is 4.02. The summed E-state index contributed by atoms with van der Waals surface area (Å²) in [6.07, 6.45) is 2.11. The number of hydrazine groups is 1. The lowest BCUT2D eigenvalue weighted by Crippen LogP contribution is -2.27. The SMILES string of the molecule is NNc1ccc(Cl)cc1C(=O)NC1CC1. The summed E-state index contributed by atoms with van der Waals surface area (Å²) in [6, 6.07) is 5.30. The number of hydrogen-bond acceptors (Lipinski definition) is 3. The highest BCUT2D eigenvalue weighted by Gasteiger charge is 2.24. The molecule has 4 nitrogen and oxygen atoms in total. The minimum absolute atomic E-state index is 0.132. The van der Waals surface area contributed by atoms with Gasteiger partial charge in [-0.2, -0.15) is 0 Å². The van der Waals surface area contributed by atoms with E-state index in [0.717, 1.165) is 12.8 Å². The first kappa shape index (κ1) is 10.3. The largest absolute Gasteiger partial charge is 0.349 e. The monoisotopic (exact) mass is 225 g/mol. The van der Waals surface area contributed by atoms with E-state index in [1.807, 2.05) is 0 Å². The van der Waals surface area contributed by atoms with Crippen LogP contribution >= 0.6 is 11.6 Å². The molecule has 1 aromatic carbocycles. The third kappa shape index (κ3) is 2.40. The van der Waals surface area contributed by atoms with Crippen LogP contribution in [0.15, 0.2) is 18.2 Å². The van der Waals surface area contributed by atoms with E-state index in [2.05, 4.69) is 10.7 Å². The van der Waals surface area contributed by atoms with Crippen LogP contribution < -0.4 is 16.6 Å². The average Bonchev–Trinajstić information content (AvgIpc) is 3.01. The number of nitrogen functional groups attached to an aromatic ring is 1. The molecule has 0 atom stereocenters. The first-order chi connectivity index (χ1) is 7.20. The maximum absolute atomic E-state index is 11.8. The number of hydrogen-bond donors (Lipinski definition) is 3. The second-order valence-electron chi connectivity index (χ2n) is 3.58. The molecule has 5 heteroatoms. The van der Waals surface area contributed by atoms with Gasteiger partial charge in [-0.05, 0) is 31.0 Å². The highest BCUT2D eigenvalue weighted by Crippen LogP contribution is 2.23. The van der Waals surface area contributed by atoms with E-state index >= 15 is 0 Å². The number of carbonyl (C=O) groups excluding carboxylic acids is 1. The number of carbonyl (C=O) groups is 1. The molecule has 0 saturated heterocycles. The van der Waals surface area contributed by atoms with Crippen LogP contribution in [0.1, 0.15) is 23.2 Å². The number of halogens is 1. The summed E-state index contributed by atoms with van der Waals surface area (Å²) in [6.45, 7) is 0. The molecule has 0 heterocycles. The molecule has 0 spiro atoms. The van der Waals surface area contributed by atoms with Gasteiger partial charge in [0.15, 0.2) is 0 Å². The predicted molar refractivity (Wildman–Crippen MR) is 59.8 cm³/mol. The molecule has 1 saturated carbocycles. The summed E-state index contributed by atoms with van der Waals surface area (Å²) in [5, 5.41) is 3.40. The zero-order valence-corrected chi connectivity index (χ0v) is 8.84. The van der Waals surface area contributed by atoms with Crippen LogP contribution in [0.4, 0.5) is 5.69 Å². The molecule has 0 radical (unpaired) electrons. The van der Waals surface area contributed by atoms with Crippen molar-refractivity contribution in [2.75, 3.05) is 5.43 Å². The number of amides is 1. The molecule has 0 bridgehead atoms. The molecule has 0 aromatic heterocycles. The molecular weight excluding hydrogens is 214 g/mol. The van der Waals surface area contributed by atoms with E-state index in [1.165, 1.54) is 0 Å². The minimum atomic E-state index is -0.132. The first-order valence-corrected chi connectivity index (χ1v) is 5.15. The third-order valence-corrected chi connectivity index (χ3v) is 2.53. The summed E-state index contributed by atoms with van der Waals surface area (Å²) < 4.78 is 0. The van der Waals surface area contributed by atoms with Crippen LogP contribution in [0.3, 0.4) is 0 Å². The molecule has 0 aliphatic heterocycles. The lowest BCUT2D eigenvalue weighted by molar-refractivity contribution is 0.0952. The highest BCUT2D eigenvalue weighted by molar-refractivity contribution is 6.31. The fraction of sp³-hybridized carbons (Fsp3) is 0.300. The van der Waals surface area contributed by atoms with Gasteiger partial charge in [-0.3, -0.25) is 10.6 Å². The van der Waals surface area contributed by atoms with Crippen molar-refractivity contribution in [2.24, 2.45) is 5.84 Å². The van der Waals surface area contributed by atoms with Gasteiger partial charge in [0.25, 0.3) is 5.91 Å². The van der Waals surface area contributed by atoms with Gasteiger partial charge >= 0.3 is 0 Å². The molecule has 4 N–H and O–H groups in total. The Morgan fingerprint density at radius 1 is 1.47 bits per heavy atom. The van der Waals surface area contributed by atoms with Gasteiger partial charge < -0.3 is 10.7 Å². The van der Waals surface area contributed by atoms with E-state index in [1.54, 1.807) is 18.2 Å². The van der Waals surface area contributed by atoms with Gasteiger partial charge in [0.1, 0.15) is 0 Å². The van der Waals surface area contributed by atoms with Crippen molar-refractivity contribution < 1.29 is 4.79 Å². The van der Waals surface area contributed by atoms with E-state index in [9.17, 15) is 4.79 Å². The molecule has 2 rings (SSSR count). The number of rotatable bonds is 3. The normalized spacial score (nSPS) is 14.8. The van der Waals surface area contributed by atoms with Crippen molar-refractivity contribution in [2.45, 2.75) is 18.9 Å². The molecule has 80 valence electrons. The molecule has 1 aromatic rings. The van der Waals surface area contributed by atoms with Crippen molar-refractivity contribution in [3.05, 3.63) is 28.8 Å². The Balaban J connectivity index is 2.23. The Hall–Kier alpha value is -1.26. The Morgan fingerprint density at radius 2 is 2.20 bits per heavy atom. The fourth-order valence-corrected chi connectivity index (χ4v) is 1.49. The second kappa shape index (κ2) is 4.08. The van der Waals surface area contributed by atoms with Gasteiger partial charge in [-0.25, -0.2) is 0 Å². The van der Waals surface area contributed by atoms with Gasteiger partial charge in [0.2, 0.25) is 0 Å². The smallest absolute Gasteiger partial charge is 0.253 e. The molecule has 1 aliphatic rings. The molecular formula is C10H12ClN3O. The summed E-state index contributed by atoms with van der Waals surface area (Å²) in [7, 11) is 0. The zero-order valence-electron chi connectivity index (χ0n) is 8.09. The Bertz CT molecular complexity index is 390. The molecule has 0 unspecified atom stereocenters. The number of anilines is 1. The van der Waals surface area contributed by atoms with E-state index in [4.69, 9.17) is 17.4 Å². The first-order valence-electron chi connectivity index (χ1n) is 4.77. The van der Waals surface area contributed by atoms with E-state index in [-0.39, 0.29) is 5.91 Å². The quantitative estimate of drug-likeness (QED) is 0.540. The average molecular weight is 226 g/mol. The van der Waals surface area contributed by atoms with Crippen LogP contribution in [0, 0.1) is 0 Å². The maximum atomic E-state index is 11.8. The van der Waals surface area contributed by atoms with Crippen molar-refractivity contribution in [3.63, 3.8) is 0 Å². The number of nitrogens with one attached hydrogen (secondary N) is 2. The topological polar surface area (TPSA) is 67.1 Å². The summed E-state index contributed by atoms with van der Waals surface area (Å²) in [5.74, 6) is 5.18. The Morgan fingerprint density at radius 3 is 2.80 bits per heavy atom. The number of benzene rings is 1. The highest BCUT2D eigenvalue weighted by atomic mass is 35.5. The molecule has 1 aliphatic carbocycles. The van der Waals surface area contributed by atoms with Gasteiger partial charge in [-0.1, -0.05) is 11.6 Å². The van der Waals surface area contributed by atoms with Crippen LogP contribution in [0.2, 0.25) is 5.02 Å². The predicted octanol–water partition coefficient (Wildman–Crippen LogP) is 1.52. The van der Waals surface area contributed by atoms with Crippen LogP contribution in [-0.2, 0) is 0 Å². The van der Waals surface area contributed by atoms with Crippen LogP contribution in [-0.4, -0.2) is 11.9 Å². The van der Waals surface area contributed by atoms with Gasteiger partial charge in [-0.15, -0.1) is 0 Å². The van der Waals surface area contributed by atoms with E-state index in [0.29, 0.717) is 22.3 Å². The maximum Gasteiger partial charge on any atom is 0.253 e. The minimum Gasteiger partial charge on any atom is -0.349 e. The van der Waals surface area contributed by atoms with Crippen molar-refractivity contribution in [1.29, 1.82) is 0 Å². The zero-order chi connectivity index (χ0) is 10.8. The fourth-order valence-electron chi connectivity index (χ4n) is 1.32. The van der Waals surface area contributed by atoms with Crippen molar-refractivity contribution in [3.8, 4) is 0 Å². The molecule has 1 amide bonds. The molecule has 15 heavy (non-hydrogen) atoms. The molecule has 1 fully saturated rings. The standard InChI is InChI=1S/C10H12ClN3O/c11-6-1-4-9(14-12)8(5-6)10(15)13-7-2-3-7/h1,4-5,7,14H,2-3,12H2,(H,13,15).